The van der Waals surface area contributed by atoms with Crippen molar-refractivity contribution in [2.45, 2.75) is 66.2 Å². The van der Waals surface area contributed by atoms with Crippen LogP contribution in [0.1, 0.15) is 70.9 Å². The standard InChI is InChI=1S/C9H10.C8H14.C8H8.2C2H6/c1-2-6-9-7-4-3-5-8-9;2*1-2-8-6-4-3-5-7-8;2*1-2/h2-5,7-8H,1,6H2;2,8H,1,3-7H2;2-7H,1H2;2*1-2H3. The van der Waals surface area contributed by atoms with Gasteiger partial charge in [0, 0.05) is 0 Å². The van der Waals surface area contributed by atoms with Crippen molar-refractivity contribution >= 4 is 6.08 Å². The van der Waals surface area contributed by atoms with Crippen molar-refractivity contribution in [3.8, 4) is 0 Å². The summed E-state index contributed by atoms with van der Waals surface area (Å²) >= 11 is 0. The Morgan fingerprint density at radius 2 is 1.21 bits per heavy atom. The van der Waals surface area contributed by atoms with Gasteiger partial charge >= 0.3 is 0 Å². The Labute approximate surface area is 182 Å². The molecule has 0 unspecified atom stereocenters. The molecule has 0 aliphatic heterocycles. The number of hydrogen-bond donors (Lipinski definition) is 0. The summed E-state index contributed by atoms with van der Waals surface area (Å²) in [6, 6.07) is 20.3. The van der Waals surface area contributed by atoms with Crippen LogP contribution in [0.4, 0.5) is 0 Å². The van der Waals surface area contributed by atoms with E-state index in [1.807, 2.05) is 88.4 Å². The van der Waals surface area contributed by atoms with Gasteiger partial charge in [0.15, 0.2) is 0 Å². The maximum Gasteiger partial charge on any atom is -0.0100 e. The lowest BCUT2D eigenvalue weighted by atomic mass is 9.90. The van der Waals surface area contributed by atoms with Crippen molar-refractivity contribution < 1.29 is 0 Å². The molecule has 0 atom stereocenters. The van der Waals surface area contributed by atoms with Gasteiger partial charge in [-0.25, -0.2) is 0 Å². The Hall–Kier alpha value is -2.34. The van der Waals surface area contributed by atoms with Crippen LogP contribution < -0.4 is 0 Å². The normalized spacial score (nSPS) is 11.9. The van der Waals surface area contributed by atoms with Crippen LogP contribution in [0.5, 0.6) is 0 Å². The first kappa shape index (κ1) is 28.9. The summed E-state index contributed by atoms with van der Waals surface area (Å²) in [7, 11) is 0. The Morgan fingerprint density at radius 3 is 1.55 bits per heavy atom. The van der Waals surface area contributed by atoms with Gasteiger partial charge in [-0.1, -0.05) is 132 Å². The lowest BCUT2D eigenvalue weighted by molar-refractivity contribution is 0.420. The largest absolute Gasteiger partial charge is 0.103 e. The minimum absolute atomic E-state index is 0.851. The smallest absolute Gasteiger partial charge is 0.0100 e. The third-order valence-electron chi connectivity index (χ3n) is 4.24. The molecule has 0 nitrogen and oxygen atoms in total. The molecule has 0 radical (unpaired) electrons. The highest BCUT2D eigenvalue weighted by atomic mass is 14.1. The van der Waals surface area contributed by atoms with Crippen molar-refractivity contribution in [1.82, 2.24) is 0 Å². The summed E-state index contributed by atoms with van der Waals surface area (Å²) in [5.41, 5.74) is 2.50. The lowest BCUT2D eigenvalue weighted by Gasteiger charge is -2.16. The first-order valence-electron chi connectivity index (χ1n) is 11.2. The zero-order valence-electron chi connectivity index (χ0n) is 19.4. The van der Waals surface area contributed by atoms with Crippen molar-refractivity contribution in [2.75, 3.05) is 0 Å². The second kappa shape index (κ2) is 23.7. The number of allylic oxidation sites excluding steroid dienone is 2. The molecular formula is C29H44. The maximum atomic E-state index is 3.78. The molecule has 0 N–H and O–H groups in total. The summed E-state index contributed by atoms with van der Waals surface area (Å²) in [6.07, 6.45) is 13.9. The summed E-state index contributed by atoms with van der Waals surface area (Å²) in [5.74, 6) is 0.851. The van der Waals surface area contributed by atoms with Gasteiger partial charge in [-0.15, -0.1) is 13.2 Å². The van der Waals surface area contributed by atoms with Crippen molar-refractivity contribution in [3.63, 3.8) is 0 Å². The van der Waals surface area contributed by atoms with Crippen LogP contribution in [0.25, 0.3) is 6.08 Å². The fourth-order valence-electron chi connectivity index (χ4n) is 2.74. The van der Waals surface area contributed by atoms with E-state index in [1.165, 1.54) is 43.2 Å². The molecule has 0 amide bonds. The van der Waals surface area contributed by atoms with Crippen LogP contribution in [0, 0.1) is 5.92 Å². The topological polar surface area (TPSA) is 0 Å². The van der Waals surface area contributed by atoms with Crippen molar-refractivity contribution in [2.24, 2.45) is 5.92 Å². The molecule has 0 saturated heterocycles. The van der Waals surface area contributed by atoms with Crippen LogP contribution in [0.2, 0.25) is 0 Å². The van der Waals surface area contributed by atoms with Crippen molar-refractivity contribution in [1.29, 1.82) is 0 Å². The molecule has 0 heteroatoms. The molecule has 1 aliphatic rings. The van der Waals surface area contributed by atoms with Crippen LogP contribution >= 0.6 is 0 Å². The molecule has 2 aromatic rings. The molecule has 2 aromatic carbocycles. The minimum atomic E-state index is 0.851. The van der Waals surface area contributed by atoms with Gasteiger partial charge < -0.3 is 0 Å². The maximum absolute atomic E-state index is 3.78. The average Bonchev–Trinajstić information content (AvgIpc) is 2.84. The lowest BCUT2D eigenvalue weighted by Crippen LogP contribution is -2.01. The molecule has 160 valence electrons. The second-order valence-electron chi connectivity index (χ2n) is 6.23. The fraction of sp³-hybridized carbons (Fsp3) is 0.379. The first-order valence-corrected chi connectivity index (χ1v) is 11.2. The van der Waals surface area contributed by atoms with Gasteiger partial charge in [0.1, 0.15) is 0 Å². The predicted octanol–water partition coefficient (Wildman–Crippen LogP) is 9.55. The highest BCUT2D eigenvalue weighted by Crippen LogP contribution is 2.23. The highest BCUT2D eigenvalue weighted by Gasteiger charge is 2.07. The SMILES string of the molecule is C=CC1CCCCC1.C=CCc1ccccc1.C=Cc1ccccc1.CC.CC. The van der Waals surface area contributed by atoms with E-state index in [-0.39, 0.29) is 0 Å². The van der Waals surface area contributed by atoms with Crippen molar-refractivity contribution in [3.05, 3.63) is 104 Å². The summed E-state index contributed by atoms with van der Waals surface area (Å²) in [6.45, 7) is 19.1. The Morgan fingerprint density at radius 1 is 0.724 bits per heavy atom. The Balaban J connectivity index is 0. The molecule has 1 saturated carbocycles. The minimum Gasteiger partial charge on any atom is -0.103 e. The molecular weight excluding hydrogens is 348 g/mol. The van der Waals surface area contributed by atoms with E-state index in [0.29, 0.717) is 0 Å². The van der Waals surface area contributed by atoms with E-state index in [1.54, 1.807) is 0 Å². The molecule has 0 spiro atoms. The second-order valence-corrected chi connectivity index (χ2v) is 6.23. The molecule has 1 aliphatic carbocycles. The molecule has 3 rings (SSSR count). The zero-order chi connectivity index (χ0) is 22.2. The first-order chi connectivity index (χ1) is 14.3. The van der Waals surface area contributed by atoms with E-state index in [0.717, 1.165) is 12.3 Å². The van der Waals surface area contributed by atoms with Crippen LogP contribution in [-0.2, 0) is 6.42 Å². The van der Waals surface area contributed by atoms with Crippen LogP contribution in [-0.4, -0.2) is 0 Å². The third kappa shape index (κ3) is 17.5. The van der Waals surface area contributed by atoms with E-state index in [9.17, 15) is 0 Å². The predicted molar refractivity (Wildman–Crippen MR) is 136 cm³/mol. The van der Waals surface area contributed by atoms with E-state index in [4.69, 9.17) is 0 Å². The van der Waals surface area contributed by atoms with Gasteiger partial charge in [0.05, 0.1) is 0 Å². The molecule has 0 bridgehead atoms. The van der Waals surface area contributed by atoms with E-state index in [2.05, 4.69) is 37.9 Å². The summed E-state index contributed by atoms with van der Waals surface area (Å²) in [5, 5.41) is 0. The van der Waals surface area contributed by atoms with Gasteiger partial charge in [0.25, 0.3) is 0 Å². The van der Waals surface area contributed by atoms with Gasteiger partial charge in [-0.3, -0.25) is 0 Å². The van der Waals surface area contributed by atoms with Gasteiger partial charge in [0.2, 0.25) is 0 Å². The van der Waals surface area contributed by atoms with E-state index < -0.39 is 0 Å². The van der Waals surface area contributed by atoms with Gasteiger partial charge in [-0.2, -0.15) is 0 Å². The number of rotatable bonds is 4. The number of benzene rings is 2. The molecule has 1 fully saturated rings. The molecule has 0 heterocycles. The fourth-order valence-corrected chi connectivity index (χ4v) is 2.74. The summed E-state index contributed by atoms with van der Waals surface area (Å²) < 4.78 is 0. The van der Waals surface area contributed by atoms with Crippen LogP contribution in [0.3, 0.4) is 0 Å². The summed E-state index contributed by atoms with van der Waals surface area (Å²) in [4.78, 5) is 0. The zero-order valence-corrected chi connectivity index (χ0v) is 19.4. The highest BCUT2D eigenvalue weighted by molar-refractivity contribution is 5.45. The number of hydrogen-bond acceptors (Lipinski definition) is 0. The third-order valence-corrected chi connectivity index (χ3v) is 4.24. The van der Waals surface area contributed by atoms with Crippen LogP contribution in [0.15, 0.2) is 92.6 Å². The Kier molecular flexibility index (Phi) is 23.6. The van der Waals surface area contributed by atoms with E-state index >= 15 is 0 Å². The monoisotopic (exact) mass is 392 g/mol. The molecule has 0 aromatic heterocycles. The molecule has 29 heavy (non-hydrogen) atoms. The quantitative estimate of drug-likeness (QED) is 0.454. The average molecular weight is 393 g/mol. The Bertz CT molecular complexity index is 574. The van der Waals surface area contributed by atoms with Gasteiger partial charge in [-0.05, 0) is 36.3 Å².